The van der Waals surface area contributed by atoms with Crippen LogP contribution in [-0.4, -0.2) is 27.9 Å². The maximum Gasteiger partial charge on any atom is 0.408 e. The lowest BCUT2D eigenvalue weighted by atomic mass is 9.93. The number of hydrogen-bond acceptors (Lipinski definition) is 4. The summed E-state index contributed by atoms with van der Waals surface area (Å²) in [7, 11) is 0. The lowest BCUT2D eigenvalue weighted by molar-refractivity contribution is -0.113. The molecule has 2 aromatic rings. The molecule has 6 nitrogen and oxygen atoms in total. The standard InChI is InChI=1S/C15H19N3O3/c1-14(2,3)21-13(20)18-15(4,8-19)10-5-6-11-12(7-10)17-9-16-11/h5-9H,1-4H3,(H,16,17)(H,18,20). The van der Waals surface area contributed by atoms with Gasteiger partial charge in [-0.15, -0.1) is 0 Å². The topological polar surface area (TPSA) is 84.1 Å². The zero-order valence-corrected chi connectivity index (χ0v) is 12.6. The molecule has 0 radical (unpaired) electrons. The summed E-state index contributed by atoms with van der Waals surface area (Å²) in [6, 6.07) is 5.34. The lowest BCUT2D eigenvalue weighted by Gasteiger charge is -2.27. The van der Waals surface area contributed by atoms with Crippen molar-refractivity contribution >= 4 is 23.4 Å². The van der Waals surface area contributed by atoms with Gasteiger partial charge in [-0.2, -0.15) is 0 Å². The third-order valence-corrected chi connectivity index (χ3v) is 3.02. The number of fused-ring (bicyclic) bond motifs is 1. The number of alkyl carbamates (subject to hydrolysis) is 1. The Morgan fingerprint density at radius 3 is 2.67 bits per heavy atom. The Morgan fingerprint density at radius 1 is 1.33 bits per heavy atom. The molecular formula is C15H19N3O3. The number of nitrogens with zero attached hydrogens (tertiary/aromatic N) is 1. The molecule has 0 aliphatic heterocycles. The first kappa shape index (κ1) is 15.0. The van der Waals surface area contributed by atoms with Crippen LogP contribution in [0.15, 0.2) is 24.5 Å². The van der Waals surface area contributed by atoms with Gasteiger partial charge >= 0.3 is 6.09 Å². The van der Waals surface area contributed by atoms with E-state index in [-0.39, 0.29) is 0 Å². The quantitative estimate of drug-likeness (QED) is 0.850. The maximum absolute atomic E-state index is 11.9. The SMILES string of the molecule is CC(C)(C)OC(=O)NC(C)(C=O)c1ccc2nc[nH]c2c1. The summed E-state index contributed by atoms with van der Waals surface area (Å²) in [5, 5.41) is 2.61. The molecule has 1 atom stereocenters. The van der Waals surface area contributed by atoms with E-state index in [0.717, 1.165) is 11.0 Å². The Bertz CT molecular complexity index is 672. The van der Waals surface area contributed by atoms with Crippen LogP contribution in [0.3, 0.4) is 0 Å². The van der Waals surface area contributed by atoms with Crippen LogP contribution in [0.2, 0.25) is 0 Å². The molecule has 0 saturated carbocycles. The summed E-state index contributed by atoms with van der Waals surface area (Å²) in [6.07, 6.45) is 1.63. The van der Waals surface area contributed by atoms with Crippen LogP contribution in [0, 0.1) is 0 Å². The molecule has 0 aliphatic rings. The van der Waals surface area contributed by atoms with E-state index in [2.05, 4.69) is 15.3 Å². The average molecular weight is 289 g/mol. The fraction of sp³-hybridized carbons (Fsp3) is 0.400. The van der Waals surface area contributed by atoms with Crippen molar-refractivity contribution in [3.8, 4) is 0 Å². The van der Waals surface area contributed by atoms with Gasteiger partial charge in [-0.1, -0.05) is 6.07 Å². The number of rotatable bonds is 3. The molecule has 0 aliphatic carbocycles. The van der Waals surface area contributed by atoms with Crippen molar-refractivity contribution in [2.24, 2.45) is 0 Å². The summed E-state index contributed by atoms with van der Waals surface area (Å²) >= 11 is 0. The molecule has 1 aromatic carbocycles. The minimum Gasteiger partial charge on any atom is -0.444 e. The molecular weight excluding hydrogens is 270 g/mol. The van der Waals surface area contributed by atoms with Gasteiger partial charge in [0.2, 0.25) is 0 Å². The van der Waals surface area contributed by atoms with E-state index in [1.165, 1.54) is 0 Å². The number of aromatic amines is 1. The molecule has 0 bridgehead atoms. The van der Waals surface area contributed by atoms with Crippen molar-refractivity contribution in [1.82, 2.24) is 15.3 Å². The largest absolute Gasteiger partial charge is 0.444 e. The summed E-state index contributed by atoms with van der Waals surface area (Å²) in [5.41, 5.74) is 0.457. The van der Waals surface area contributed by atoms with Gasteiger partial charge in [-0.05, 0) is 45.4 Å². The van der Waals surface area contributed by atoms with Gasteiger partial charge < -0.3 is 19.8 Å². The predicted octanol–water partition coefficient (Wildman–Crippen LogP) is 2.50. The zero-order chi connectivity index (χ0) is 15.7. The molecule has 0 spiro atoms. The van der Waals surface area contributed by atoms with Gasteiger partial charge in [0.1, 0.15) is 17.4 Å². The smallest absolute Gasteiger partial charge is 0.408 e. The summed E-state index contributed by atoms with van der Waals surface area (Å²) in [6.45, 7) is 6.92. The van der Waals surface area contributed by atoms with Crippen LogP contribution >= 0.6 is 0 Å². The van der Waals surface area contributed by atoms with E-state index in [9.17, 15) is 9.59 Å². The van der Waals surface area contributed by atoms with Crippen LogP contribution in [0.25, 0.3) is 11.0 Å². The number of aldehydes is 1. The molecule has 2 rings (SSSR count). The number of benzene rings is 1. The van der Waals surface area contributed by atoms with E-state index in [0.29, 0.717) is 11.8 Å². The van der Waals surface area contributed by atoms with E-state index in [1.54, 1.807) is 52.2 Å². The summed E-state index contributed by atoms with van der Waals surface area (Å²) in [5.74, 6) is 0. The van der Waals surface area contributed by atoms with Crippen LogP contribution in [0.5, 0.6) is 0 Å². The first-order valence-electron chi connectivity index (χ1n) is 6.65. The molecule has 21 heavy (non-hydrogen) atoms. The van der Waals surface area contributed by atoms with E-state index >= 15 is 0 Å². The molecule has 1 heterocycles. The van der Waals surface area contributed by atoms with Gasteiger partial charge in [0.05, 0.1) is 17.4 Å². The number of carbonyl (C=O) groups excluding carboxylic acids is 2. The molecule has 112 valence electrons. The highest BCUT2D eigenvalue weighted by atomic mass is 16.6. The highest BCUT2D eigenvalue weighted by molar-refractivity contribution is 5.81. The molecule has 2 N–H and O–H groups in total. The Hall–Kier alpha value is -2.37. The number of aromatic nitrogens is 2. The van der Waals surface area contributed by atoms with Gasteiger partial charge in [-0.25, -0.2) is 9.78 Å². The van der Waals surface area contributed by atoms with Gasteiger partial charge in [0.15, 0.2) is 0 Å². The summed E-state index contributed by atoms with van der Waals surface area (Å²) < 4.78 is 5.20. The number of hydrogen-bond donors (Lipinski definition) is 2. The molecule has 6 heteroatoms. The monoisotopic (exact) mass is 289 g/mol. The second kappa shape index (κ2) is 5.20. The number of amides is 1. The number of imidazole rings is 1. The van der Waals surface area contributed by atoms with Crippen LogP contribution < -0.4 is 5.32 Å². The Morgan fingerprint density at radius 2 is 2.05 bits per heavy atom. The number of nitrogens with one attached hydrogen (secondary N) is 2. The van der Waals surface area contributed by atoms with E-state index in [4.69, 9.17) is 4.74 Å². The fourth-order valence-electron chi connectivity index (χ4n) is 1.94. The first-order valence-corrected chi connectivity index (χ1v) is 6.65. The number of H-pyrrole nitrogens is 1. The maximum atomic E-state index is 11.9. The van der Waals surface area contributed by atoms with E-state index < -0.39 is 17.2 Å². The van der Waals surface area contributed by atoms with Crippen molar-refractivity contribution in [3.05, 3.63) is 30.1 Å². The molecule has 1 aromatic heterocycles. The van der Waals surface area contributed by atoms with Crippen molar-refractivity contribution in [2.75, 3.05) is 0 Å². The van der Waals surface area contributed by atoms with Gasteiger partial charge in [0.25, 0.3) is 0 Å². The molecule has 0 saturated heterocycles. The van der Waals surface area contributed by atoms with Crippen LogP contribution in [0.4, 0.5) is 4.79 Å². The highest BCUT2D eigenvalue weighted by Gasteiger charge is 2.30. The fourth-order valence-corrected chi connectivity index (χ4v) is 1.94. The van der Waals surface area contributed by atoms with E-state index in [1.807, 2.05) is 0 Å². The third kappa shape index (κ3) is 3.39. The molecule has 0 fully saturated rings. The number of ether oxygens (including phenoxy) is 1. The van der Waals surface area contributed by atoms with Gasteiger partial charge in [0, 0.05) is 0 Å². The van der Waals surface area contributed by atoms with Crippen LogP contribution in [0.1, 0.15) is 33.3 Å². The normalized spacial score (nSPS) is 14.5. The average Bonchev–Trinajstić information content (AvgIpc) is 2.83. The Kier molecular flexibility index (Phi) is 3.72. The summed E-state index contributed by atoms with van der Waals surface area (Å²) in [4.78, 5) is 30.5. The van der Waals surface area contributed by atoms with Crippen molar-refractivity contribution < 1.29 is 14.3 Å². The minimum absolute atomic E-state index is 0.624. The Balaban J connectivity index is 2.27. The second-order valence-electron chi connectivity index (χ2n) is 6.08. The van der Waals surface area contributed by atoms with Crippen molar-refractivity contribution in [2.45, 2.75) is 38.8 Å². The highest BCUT2D eigenvalue weighted by Crippen LogP contribution is 2.22. The zero-order valence-electron chi connectivity index (χ0n) is 12.6. The van der Waals surface area contributed by atoms with Crippen molar-refractivity contribution in [1.29, 1.82) is 0 Å². The second-order valence-corrected chi connectivity index (χ2v) is 6.08. The minimum atomic E-state index is -1.17. The number of carbonyl (C=O) groups is 2. The third-order valence-electron chi connectivity index (χ3n) is 3.02. The van der Waals surface area contributed by atoms with Crippen LogP contribution in [-0.2, 0) is 15.1 Å². The lowest BCUT2D eigenvalue weighted by Crippen LogP contribution is -2.46. The van der Waals surface area contributed by atoms with Gasteiger partial charge in [-0.3, -0.25) is 0 Å². The molecule has 1 unspecified atom stereocenters. The van der Waals surface area contributed by atoms with Crippen molar-refractivity contribution in [3.63, 3.8) is 0 Å². The molecule has 1 amide bonds. The Labute approximate surface area is 122 Å². The first-order chi connectivity index (χ1) is 9.73. The predicted molar refractivity (Wildman–Crippen MR) is 78.9 cm³/mol.